The fourth-order valence-corrected chi connectivity index (χ4v) is 2.19. The average molecular weight is 275 g/mol. The quantitative estimate of drug-likeness (QED) is 0.830. The number of carboxylic acid groups (broad SMARTS) is 1. The molecule has 1 amide bonds. The topological polar surface area (TPSA) is 74.7 Å². The lowest BCUT2D eigenvalue weighted by atomic mass is 10.2. The van der Waals surface area contributed by atoms with Crippen LogP contribution in [0.2, 0.25) is 0 Å². The Hall–Kier alpha value is -1.37. The lowest BCUT2D eigenvalue weighted by Gasteiger charge is -2.21. The second-order valence-corrected chi connectivity index (χ2v) is 5.22. The first-order chi connectivity index (χ1) is 8.32. The van der Waals surface area contributed by atoms with E-state index < -0.39 is 24.0 Å². The maximum Gasteiger partial charge on any atom is 0.352 e. The van der Waals surface area contributed by atoms with Crippen molar-refractivity contribution < 1.29 is 23.9 Å². The number of halogens is 1. The van der Waals surface area contributed by atoms with E-state index in [4.69, 9.17) is 5.11 Å². The molecule has 0 bridgehead atoms. The van der Waals surface area contributed by atoms with Crippen LogP contribution in [0.5, 0.6) is 0 Å². The summed E-state index contributed by atoms with van der Waals surface area (Å²) >= 11 is 0.990. The summed E-state index contributed by atoms with van der Waals surface area (Å²) < 4.78 is 13.1. The Balaban J connectivity index is 2.69. The van der Waals surface area contributed by atoms with Crippen LogP contribution in [0, 0.1) is 5.92 Å². The number of amides is 1. The van der Waals surface area contributed by atoms with Gasteiger partial charge in [-0.3, -0.25) is 9.59 Å². The molecule has 0 aromatic carbocycles. The van der Waals surface area contributed by atoms with Crippen molar-refractivity contribution in [2.24, 2.45) is 5.92 Å². The molecule has 1 aliphatic rings. The summed E-state index contributed by atoms with van der Waals surface area (Å²) in [6, 6.07) is 0. The Morgan fingerprint density at radius 1 is 1.61 bits per heavy atom. The Morgan fingerprint density at radius 2 is 2.22 bits per heavy atom. The zero-order valence-corrected chi connectivity index (χ0v) is 10.9. The molecular weight excluding hydrogens is 261 g/mol. The molecule has 0 fully saturated rings. The van der Waals surface area contributed by atoms with Gasteiger partial charge in [-0.1, -0.05) is 18.7 Å². The van der Waals surface area contributed by atoms with E-state index in [0.29, 0.717) is 0 Å². The fraction of sp³-hybridized carbons (Fsp3) is 0.545. The summed E-state index contributed by atoms with van der Waals surface area (Å²) in [6.07, 6.45) is -0.529. The Kier molecular flexibility index (Phi) is 4.89. The van der Waals surface area contributed by atoms with Crippen molar-refractivity contribution in [2.45, 2.75) is 20.0 Å². The fourth-order valence-electron chi connectivity index (χ4n) is 1.56. The van der Waals surface area contributed by atoms with Gasteiger partial charge in [-0.2, -0.15) is 0 Å². The lowest BCUT2D eigenvalue weighted by molar-refractivity contribution is -0.140. The largest absolute Gasteiger partial charge is 0.477 e. The number of carbonyl (C=O) groups is 3. The molecule has 0 saturated carbocycles. The number of alkyl halides is 1. The van der Waals surface area contributed by atoms with Crippen LogP contribution in [0.15, 0.2) is 11.8 Å². The molecular formula is C11H14FNO4S. The first-order valence-corrected chi connectivity index (χ1v) is 6.35. The van der Waals surface area contributed by atoms with Crippen LogP contribution in [-0.2, 0) is 14.4 Å². The Morgan fingerprint density at radius 3 is 2.72 bits per heavy atom. The number of aliphatic carboxylic acids is 1. The first kappa shape index (κ1) is 14.7. The molecule has 0 aromatic heterocycles. The highest BCUT2D eigenvalue weighted by molar-refractivity contribution is 8.13. The number of carbonyl (C=O) groups excluding carboxylic acids is 2. The number of carboxylic acids is 1. The van der Waals surface area contributed by atoms with Gasteiger partial charge in [0, 0.05) is 18.6 Å². The van der Waals surface area contributed by atoms with E-state index in [-0.39, 0.29) is 23.1 Å². The third kappa shape index (κ3) is 3.56. The molecule has 0 spiro atoms. The number of thioether (sulfide) groups is 1. The van der Waals surface area contributed by atoms with E-state index in [1.54, 1.807) is 6.92 Å². The summed E-state index contributed by atoms with van der Waals surface area (Å²) in [5.74, 6) is -2.08. The van der Waals surface area contributed by atoms with Gasteiger partial charge in [0.15, 0.2) is 5.12 Å². The monoisotopic (exact) mass is 275 g/mol. The molecule has 1 heterocycles. The van der Waals surface area contributed by atoms with Gasteiger partial charge in [0.1, 0.15) is 11.9 Å². The molecule has 0 aromatic rings. The van der Waals surface area contributed by atoms with E-state index in [1.807, 2.05) is 0 Å². The van der Waals surface area contributed by atoms with Crippen LogP contribution in [0.25, 0.3) is 0 Å². The normalized spacial score (nSPS) is 20.5. The zero-order chi connectivity index (χ0) is 13.9. The van der Waals surface area contributed by atoms with Crippen molar-refractivity contribution in [2.75, 3.05) is 12.3 Å². The molecule has 0 saturated heterocycles. The Labute approximate surface area is 108 Å². The van der Waals surface area contributed by atoms with Crippen molar-refractivity contribution in [1.29, 1.82) is 0 Å². The second-order valence-electron chi connectivity index (χ2n) is 4.03. The minimum Gasteiger partial charge on any atom is -0.477 e. The SMILES string of the molecule is CC(=O)SCC(C)C(=O)N1CC(F)C=C1C(=O)O. The molecule has 2 unspecified atom stereocenters. The highest BCUT2D eigenvalue weighted by Crippen LogP contribution is 2.22. The van der Waals surface area contributed by atoms with Gasteiger partial charge in [0.25, 0.3) is 0 Å². The van der Waals surface area contributed by atoms with Gasteiger partial charge in [-0.05, 0) is 6.08 Å². The van der Waals surface area contributed by atoms with Crippen LogP contribution in [-0.4, -0.2) is 45.5 Å². The lowest BCUT2D eigenvalue weighted by Crippen LogP contribution is -2.37. The predicted octanol–water partition coefficient (Wildman–Crippen LogP) is 1.05. The number of rotatable bonds is 4. The van der Waals surface area contributed by atoms with Gasteiger partial charge < -0.3 is 10.0 Å². The third-order valence-corrected chi connectivity index (χ3v) is 3.50. The summed E-state index contributed by atoms with van der Waals surface area (Å²) in [5.41, 5.74) is -0.327. The van der Waals surface area contributed by atoms with E-state index in [9.17, 15) is 18.8 Å². The third-order valence-electron chi connectivity index (χ3n) is 2.43. The van der Waals surface area contributed by atoms with Gasteiger partial charge in [-0.25, -0.2) is 9.18 Å². The summed E-state index contributed by atoms with van der Waals surface area (Å²) in [5, 5.41) is 8.74. The van der Waals surface area contributed by atoms with Crippen LogP contribution >= 0.6 is 11.8 Å². The van der Waals surface area contributed by atoms with Gasteiger partial charge >= 0.3 is 5.97 Å². The van der Waals surface area contributed by atoms with Crippen molar-refractivity contribution in [3.63, 3.8) is 0 Å². The van der Waals surface area contributed by atoms with Crippen LogP contribution in [0.4, 0.5) is 4.39 Å². The summed E-state index contributed by atoms with van der Waals surface area (Å²) in [6.45, 7) is 2.71. The minimum atomic E-state index is -1.45. The highest BCUT2D eigenvalue weighted by Gasteiger charge is 2.34. The van der Waals surface area contributed by atoms with Crippen molar-refractivity contribution >= 4 is 28.8 Å². The average Bonchev–Trinajstić information content (AvgIpc) is 2.67. The molecule has 5 nitrogen and oxygen atoms in total. The van der Waals surface area contributed by atoms with Gasteiger partial charge in [0.2, 0.25) is 5.91 Å². The molecule has 0 aliphatic carbocycles. The predicted molar refractivity (Wildman–Crippen MR) is 64.6 cm³/mol. The maximum absolute atomic E-state index is 13.1. The first-order valence-electron chi connectivity index (χ1n) is 5.36. The number of hydrogen-bond acceptors (Lipinski definition) is 4. The summed E-state index contributed by atoms with van der Waals surface area (Å²) in [7, 11) is 0. The number of nitrogens with zero attached hydrogens (tertiary/aromatic N) is 1. The zero-order valence-electron chi connectivity index (χ0n) is 10.1. The van der Waals surface area contributed by atoms with Crippen molar-refractivity contribution in [1.82, 2.24) is 4.90 Å². The molecule has 1 aliphatic heterocycles. The van der Waals surface area contributed by atoms with Gasteiger partial charge in [-0.15, -0.1) is 0 Å². The van der Waals surface area contributed by atoms with E-state index in [0.717, 1.165) is 22.7 Å². The Bertz CT molecular complexity index is 410. The minimum absolute atomic E-state index is 0.117. The van der Waals surface area contributed by atoms with Crippen molar-refractivity contribution in [3.05, 3.63) is 11.8 Å². The molecule has 18 heavy (non-hydrogen) atoms. The smallest absolute Gasteiger partial charge is 0.352 e. The highest BCUT2D eigenvalue weighted by atomic mass is 32.2. The van der Waals surface area contributed by atoms with Crippen LogP contribution in [0.3, 0.4) is 0 Å². The van der Waals surface area contributed by atoms with Gasteiger partial charge in [0.05, 0.1) is 6.54 Å². The molecule has 1 N–H and O–H groups in total. The van der Waals surface area contributed by atoms with Crippen LogP contribution in [0.1, 0.15) is 13.8 Å². The standard InChI is InChI=1S/C11H14FNO4S/c1-6(5-18-7(2)14)10(15)13-4-8(12)3-9(13)11(16)17/h3,6,8H,4-5H2,1-2H3,(H,16,17). The molecule has 100 valence electrons. The molecule has 1 rings (SSSR count). The molecule has 7 heteroatoms. The van der Waals surface area contributed by atoms with Crippen LogP contribution < -0.4 is 0 Å². The molecule has 0 radical (unpaired) electrons. The van der Waals surface area contributed by atoms with E-state index in [2.05, 4.69) is 0 Å². The van der Waals surface area contributed by atoms with Crippen molar-refractivity contribution in [3.8, 4) is 0 Å². The molecule has 2 atom stereocenters. The number of hydrogen-bond donors (Lipinski definition) is 1. The van der Waals surface area contributed by atoms with E-state index in [1.165, 1.54) is 6.92 Å². The maximum atomic E-state index is 13.1. The van der Waals surface area contributed by atoms with E-state index >= 15 is 0 Å². The summed E-state index contributed by atoms with van der Waals surface area (Å²) in [4.78, 5) is 34.5. The second kappa shape index (κ2) is 5.99.